The lowest BCUT2D eigenvalue weighted by Crippen LogP contribution is -3.15. The molecule has 9 heteroatoms. The van der Waals surface area contributed by atoms with Gasteiger partial charge in [-0.3, -0.25) is 0 Å². The molecule has 1 aromatic heterocycles. The highest BCUT2D eigenvalue weighted by Gasteiger charge is 2.35. The largest absolute Gasteiger partial charge is 0.313 e. The summed E-state index contributed by atoms with van der Waals surface area (Å²) in [6.07, 6.45) is 0.659. The van der Waals surface area contributed by atoms with Gasteiger partial charge < -0.3 is 9.47 Å². The standard InChI is InChI=1S/C16H21FN4O2S2/c1-3-20(12-8-9-25(22,23)10-12)11-21-16(24)19(2)15(18-21)13-6-4-5-7-14(13)17/h4-7,12H,3,8-11H2,1-2H3/p+1/t12-/m1/s1. The van der Waals surface area contributed by atoms with Crippen LogP contribution in [-0.2, 0) is 23.6 Å². The molecule has 136 valence electrons. The Hall–Kier alpha value is -1.58. The van der Waals surface area contributed by atoms with E-state index in [9.17, 15) is 12.8 Å². The maximum absolute atomic E-state index is 14.1. The van der Waals surface area contributed by atoms with Crippen LogP contribution < -0.4 is 4.90 Å². The van der Waals surface area contributed by atoms with E-state index in [-0.39, 0.29) is 23.4 Å². The van der Waals surface area contributed by atoms with Crippen LogP contribution in [0.1, 0.15) is 13.3 Å². The molecule has 0 bridgehead atoms. The number of nitrogens with one attached hydrogen (secondary N) is 1. The van der Waals surface area contributed by atoms with Crippen molar-refractivity contribution in [2.24, 2.45) is 7.05 Å². The first kappa shape index (κ1) is 18.2. The number of quaternary nitrogens is 1. The maximum atomic E-state index is 14.1. The average Bonchev–Trinajstić information content (AvgIpc) is 3.07. The maximum Gasteiger partial charge on any atom is 0.202 e. The van der Waals surface area contributed by atoms with Crippen LogP contribution in [0.2, 0.25) is 0 Å². The molecule has 25 heavy (non-hydrogen) atoms. The Balaban J connectivity index is 1.90. The summed E-state index contributed by atoms with van der Waals surface area (Å²) in [5.74, 6) is 0.572. The monoisotopic (exact) mass is 385 g/mol. The Morgan fingerprint density at radius 3 is 2.72 bits per heavy atom. The molecule has 2 aromatic rings. The predicted octanol–water partition coefficient (Wildman–Crippen LogP) is 0.807. The molecule has 2 atom stereocenters. The van der Waals surface area contributed by atoms with Crippen LogP contribution in [0.4, 0.5) is 4.39 Å². The van der Waals surface area contributed by atoms with Crippen LogP contribution >= 0.6 is 12.2 Å². The van der Waals surface area contributed by atoms with Gasteiger partial charge in [0, 0.05) is 13.5 Å². The van der Waals surface area contributed by atoms with Gasteiger partial charge in [-0.2, -0.15) is 4.68 Å². The second-order valence-corrected chi connectivity index (χ2v) is 9.01. The topological polar surface area (TPSA) is 61.3 Å². The van der Waals surface area contributed by atoms with Crippen LogP contribution in [0, 0.1) is 10.6 Å². The minimum atomic E-state index is -2.94. The van der Waals surface area contributed by atoms with E-state index in [1.807, 2.05) is 6.92 Å². The first-order chi connectivity index (χ1) is 11.8. The molecule has 1 saturated heterocycles. The summed E-state index contributed by atoms with van der Waals surface area (Å²) < 4.78 is 41.5. The molecule has 0 radical (unpaired) electrons. The van der Waals surface area contributed by atoms with E-state index >= 15 is 0 Å². The van der Waals surface area contributed by atoms with Crippen LogP contribution in [0.15, 0.2) is 24.3 Å². The van der Waals surface area contributed by atoms with Crippen molar-refractivity contribution in [3.8, 4) is 11.4 Å². The number of benzene rings is 1. The van der Waals surface area contributed by atoms with Gasteiger partial charge in [-0.25, -0.2) is 12.8 Å². The summed E-state index contributed by atoms with van der Waals surface area (Å²) >= 11 is 5.45. The number of sulfone groups is 1. The summed E-state index contributed by atoms with van der Waals surface area (Å²) in [4.78, 5) is 1.12. The number of hydrogen-bond acceptors (Lipinski definition) is 4. The van der Waals surface area contributed by atoms with Gasteiger partial charge in [0.05, 0.1) is 17.9 Å². The van der Waals surface area contributed by atoms with E-state index in [1.165, 1.54) is 6.07 Å². The van der Waals surface area contributed by atoms with Crippen molar-refractivity contribution in [3.63, 3.8) is 0 Å². The lowest BCUT2D eigenvalue weighted by atomic mass is 10.2. The van der Waals surface area contributed by atoms with Crippen molar-refractivity contribution in [2.45, 2.75) is 26.1 Å². The third-order valence-electron chi connectivity index (χ3n) is 4.77. The Morgan fingerprint density at radius 2 is 2.12 bits per heavy atom. The van der Waals surface area contributed by atoms with Crippen LogP contribution in [-0.4, -0.2) is 46.9 Å². The molecule has 1 unspecified atom stereocenters. The lowest BCUT2D eigenvalue weighted by molar-refractivity contribution is -0.943. The van der Waals surface area contributed by atoms with E-state index in [0.717, 1.165) is 11.4 Å². The molecule has 1 N–H and O–H groups in total. The molecule has 1 fully saturated rings. The van der Waals surface area contributed by atoms with Gasteiger partial charge in [0.25, 0.3) is 0 Å². The number of rotatable bonds is 5. The summed E-state index contributed by atoms with van der Waals surface area (Å²) in [5.41, 5.74) is 0.399. The Kier molecular flexibility index (Phi) is 5.08. The van der Waals surface area contributed by atoms with Crippen LogP contribution in [0.25, 0.3) is 11.4 Å². The molecule has 1 aromatic carbocycles. The SMILES string of the molecule is CC[NH+](Cn1nc(-c2ccccc2F)n(C)c1=S)[C@@H]1CCS(=O)(=O)C1. The van der Waals surface area contributed by atoms with E-state index in [2.05, 4.69) is 5.10 Å². The summed E-state index contributed by atoms with van der Waals surface area (Å²) in [6.45, 7) is 3.26. The van der Waals surface area contributed by atoms with Crippen molar-refractivity contribution >= 4 is 22.1 Å². The van der Waals surface area contributed by atoms with Gasteiger partial charge >= 0.3 is 0 Å². The van der Waals surface area contributed by atoms with Crippen molar-refractivity contribution < 1.29 is 17.7 Å². The van der Waals surface area contributed by atoms with Gasteiger partial charge in [0.2, 0.25) is 4.77 Å². The minimum Gasteiger partial charge on any atom is -0.313 e. The highest BCUT2D eigenvalue weighted by Crippen LogP contribution is 2.20. The molecule has 0 spiro atoms. The number of aromatic nitrogens is 3. The van der Waals surface area contributed by atoms with Gasteiger partial charge in [-0.1, -0.05) is 12.1 Å². The number of nitrogens with zero attached hydrogens (tertiary/aromatic N) is 3. The quantitative estimate of drug-likeness (QED) is 0.774. The van der Waals surface area contributed by atoms with Gasteiger partial charge in [0.15, 0.2) is 22.3 Å². The zero-order chi connectivity index (χ0) is 18.2. The smallest absolute Gasteiger partial charge is 0.202 e. The molecule has 6 nitrogen and oxygen atoms in total. The predicted molar refractivity (Wildman–Crippen MR) is 96.0 cm³/mol. The van der Waals surface area contributed by atoms with E-state index in [4.69, 9.17) is 12.2 Å². The second-order valence-electron chi connectivity index (χ2n) is 6.41. The molecular formula is C16H22FN4O2S2+. The van der Waals surface area contributed by atoms with Crippen molar-refractivity contribution in [3.05, 3.63) is 34.9 Å². The molecule has 1 aliphatic rings. The van der Waals surface area contributed by atoms with Crippen LogP contribution in [0.5, 0.6) is 0 Å². The Bertz CT molecular complexity index is 936. The van der Waals surface area contributed by atoms with E-state index in [0.29, 0.717) is 29.2 Å². The fraction of sp³-hybridized carbons (Fsp3) is 0.500. The molecule has 0 saturated carbocycles. The average molecular weight is 386 g/mol. The zero-order valence-electron chi connectivity index (χ0n) is 14.3. The summed E-state index contributed by atoms with van der Waals surface area (Å²) in [6, 6.07) is 6.51. The van der Waals surface area contributed by atoms with Crippen molar-refractivity contribution in [1.82, 2.24) is 14.3 Å². The minimum absolute atomic E-state index is 0.0517. The van der Waals surface area contributed by atoms with Gasteiger partial charge in [0.1, 0.15) is 17.6 Å². The summed E-state index contributed by atoms with van der Waals surface area (Å²) in [5, 5.41) is 4.50. The molecule has 0 aliphatic carbocycles. The zero-order valence-corrected chi connectivity index (χ0v) is 15.9. The van der Waals surface area contributed by atoms with E-state index in [1.54, 1.807) is 34.5 Å². The van der Waals surface area contributed by atoms with E-state index < -0.39 is 9.84 Å². The Morgan fingerprint density at radius 1 is 1.40 bits per heavy atom. The highest BCUT2D eigenvalue weighted by atomic mass is 32.2. The van der Waals surface area contributed by atoms with Gasteiger partial charge in [-0.15, -0.1) is 5.10 Å². The molecule has 2 heterocycles. The number of hydrogen-bond donors (Lipinski definition) is 1. The van der Waals surface area contributed by atoms with Gasteiger partial charge in [-0.05, 0) is 31.3 Å². The third-order valence-corrected chi connectivity index (χ3v) is 7.02. The molecular weight excluding hydrogens is 363 g/mol. The molecule has 1 aliphatic heterocycles. The molecule has 0 amide bonds. The second kappa shape index (κ2) is 6.97. The normalized spacial score (nSPS) is 20.7. The Labute approximate surface area is 151 Å². The molecule has 3 rings (SSSR count). The van der Waals surface area contributed by atoms with Crippen molar-refractivity contribution in [2.75, 3.05) is 18.1 Å². The first-order valence-electron chi connectivity index (χ1n) is 8.26. The first-order valence-corrected chi connectivity index (χ1v) is 10.5. The third kappa shape index (κ3) is 3.68. The number of halogens is 1. The van der Waals surface area contributed by atoms with Crippen molar-refractivity contribution in [1.29, 1.82) is 0 Å². The fourth-order valence-corrected chi connectivity index (χ4v) is 5.32. The summed E-state index contributed by atoms with van der Waals surface area (Å²) in [7, 11) is -1.17. The fourth-order valence-electron chi connectivity index (χ4n) is 3.31. The highest BCUT2D eigenvalue weighted by molar-refractivity contribution is 7.91. The van der Waals surface area contributed by atoms with Crippen LogP contribution in [0.3, 0.4) is 0 Å². The lowest BCUT2D eigenvalue weighted by Gasteiger charge is -2.22.